The van der Waals surface area contributed by atoms with Gasteiger partial charge < -0.3 is 11.1 Å². The van der Waals surface area contributed by atoms with E-state index in [0.29, 0.717) is 18.0 Å². The van der Waals surface area contributed by atoms with Crippen molar-refractivity contribution in [3.63, 3.8) is 0 Å². The van der Waals surface area contributed by atoms with Gasteiger partial charge in [-0.05, 0) is 25.7 Å². The van der Waals surface area contributed by atoms with Gasteiger partial charge in [-0.1, -0.05) is 0 Å². The molecule has 1 aromatic heterocycles. The summed E-state index contributed by atoms with van der Waals surface area (Å²) in [6.45, 7) is 2.34. The van der Waals surface area contributed by atoms with Gasteiger partial charge in [0.05, 0.1) is 11.8 Å². The van der Waals surface area contributed by atoms with Crippen molar-refractivity contribution in [1.29, 1.82) is 0 Å². The fourth-order valence-electron chi connectivity index (χ4n) is 1.69. The second kappa shape index (κ2) is 4.02. The minimum atomic E-state index is -0.0800. The van der Waals surface area contributed by atoms with Crippen LogP contribution in [0.1, 0.15) is 28.9 Å². The molecule has 82 valence electrons. The highest BCUT2D eigenvalue weighted by Crippen LogP contribution is 2.32. The number of carbonyl (C=O) groups excluding carboxylic acids is 1. The number of nitrogens with one attached hydrogen (secondary N) is 2. The van der Waals surface area contributed by atoms with Crippen molar-refractivity contribution < 1.29 is 4.79 Å². The molecule has 4 N–H and O–H groups in total. The van der Waals surface area contributed by atoms with Crippen LogP contribution in [0.2, 0.25) is 0 Å². The highest BCUT2D eigenvalue weighted by Gasteiger charge is 2.31. The van der Waals surface area contributed by atoms with Gasteiger partial charge in [0, 0.05) is 18.3 Å². The first-order valence-corrected chi connectivity index (χ1v) is 5.23. The van der Waals surface area contributed by atoms with E-state index in [0.717, 1.165) is 5.69 Å². The molecule has 1 amide bonds. The first-order chi connectivity index (χ1) is 7.22. The van der Waals surface area contributed by atoms with Crippen molar-refractivity contribution in [2.24, 2.45) is 11.7 Å². The van der Waals surface area contributed by atoms with Crippen molar-refractivity contribution in [3.05, 3.63) is 17.5 Å². The zero-order valence-electron chi connectivity index (χ0n) is 8.79. The number of nitrogens with two attached hydrogens (primary N) is 1. The summed E-state index contributed by atoms with van der Waals surface area (Å²) in [7, 11) is 0. The van der Waals surface area contributed by atoms with E-state index in [2.05, 4.69) is 15.5 Å². The summed E-state index contributed by atoms with van der Waals surface area (Å²) in [6.07, 6.45) is 3.89. The Hall–Kier alpha value is -1.36. The molecule has 0 radical (unpaired) electrons. The van der Waals surface area contributed by atoms with Crippen LogP contribution in [0.15, 0.2) is 6.20 Å². The molecule has 15 heavy (non-hydrogen) atoms. The molecule has 1 heterocycles. The van der Waals surface area contributed by atoms with Crippen molar-refractivity contribution >= 4 is 5.91 Å². The molecule has 2 rings (SSSR count). The standard InChI is InChI=1S/C10H16N4O/c1-6-8(5-12-14-6)10(15)13-9(4-11)7-2-3-7/h5,7,9H,2-4,11H2,1H3,(H,12,14)(H,13,15). The number of hydrogen-bond donors (Lipinski definition) is 3. The molecule has 1 unspecified atom stereocenters. The Labute approximate surface area is 88.4 Å². The maximum Gasteiger partial charge on any atom is 0.255 e. The van der Waals surface area contributed by atoms with E-state index in [1.54, 1.807) is 6.20 Å². The number of aryl methyl sites for hydroxylation is 1. The van der Waals surface area contributed by atoms with Crippen molar-refractivity contribution in [1.82, 2.24) is 15.5 Å². The van der Waals surface area contributed by atoms with Crippen LogP contribution in [-0.2, 0) is 0 Å². The largest absolute Gasteiger partial charge is 0.348 e. The van der Waals surface area contributed by atoms with Crippen molar-refractivity contribution in [2.75, 3.05) is 6.54 Å². The minimum Gasteiger partial charge on any atom is -0.348 e. The SMILES string of the molecule is Cc1[nH]ncc1C(=O)NC(CN)C1CC1. The summed E-state index contributed by atoms with van der Waals surface area (Å²) in [4.78, 5) is 11.8. The van der Waals surface area contributed by atoms with E-state index >= 15 is 0 Å². The third-order valence-corrected chi connectivity index (χ3v) is 2.84. The molecule has 0 saturated heterocycles. The Kier molecular flexibility index (Phi) is 2.73. The third kappa shape index (κ3) is 2.18. The highest BCUT2D eigenvalue weighted by molar-refractivity contribution is 5.95. The monoisotopic (exact) mass is 208 g/mol. The number of H-pyrrole nitrogens is 1. The number of amides is 1. The molecular weight excluding hydrogens is 192 g/mol. The molecule has 1 fully saturated rings. The molecule has 1 saturated carbocycles. The smallest absolute Gasteiger partial charge is 0.255 e. The second-order valence-electron chi connectivity index (χ2n) is 4.06. The third-order valence-electron chi connectivity index (χ3n) is 2.84. The quantitative estimate of drug-likeness (QED) is 0.660. The summed E-state index contributed by atoms with van der Waals surface area (Å²) in [5.41, 5.74) is 7.01. The molecule has 1 atom stereocenters. The maximum atomic E-state index is 11.8. The van der Waals surface area contributed by atoms with Crippen LogP contribution in [0.25, 0.3) is 0 Å². The molecule has 0 aromatic carbocycles. The zero-order valence-corrected chi connectivity index (χ0v) is 8.79. The molecule has 5 heteroatoms. The molecular formula is C10H16N4O. The predicted molar refractivity (Wildman–Crippen MR) is 56.4 cm³/mol. The summed E-state index contributed by atoms with van der Waals surface area (Å²) >= 11 is 0. The Morgan fingerprint density at radius 1 is 1.80 bits per heavy atom. The summed E-state index contributed by atoms with van der Waals surface area (Å²) in [5, 5.41) is 9.51. The average Bonchev–Trinajstić information content (AvgIpc) is 2.97. The molecule has 5 nitrogen and oxygen atoms in total. The van der Waals surface area contributed by atoms with Gasteiger partial charge in [-0.3, -0.25) is 9.89 Å². The van der Waals surface area contributed by atoms with E-state index in [1.807, 2.05) is 6.92 Å². The number of aromatic amines is 1. The second-order valence-corrected chi connectivity index (χ2v) is 4.06. The first kappa shape index (κ1) is 10.2. The van der Waals surface area contributed by atoms with Crippen molar-refractivity contribution in [2.45, 2.75) is 25.8 Å². The summed E-state index contributed by atoms with van der Waals surface area (Å²) in [6, 6.07) is 0.117. The molecule has 1 aromatic rings. The van der Waals surface area contributed by atoms with E-state index in [-0.39, 0.29) is 11.9 Å². The van der Waals surface area contributed by atoms with E-state index in [4.69, 9.17) is 5.73 Å². The normalized spacial score (nSPS) is 17.5. The number of carbonyl (C=O) groups is 1. The maximum absolute atomic E-state index is 11.8. The number of hydrogen-bond acceptors (Lipinski definition) is 3. The van der Waals surface area contributed by atoms with Gasteiger partial charge in [-0.15, -0.1) is 0 Å². The lowest BCUT2D eigenvalue weighted by atomic mass is 10.1. The lowest BCUT2D eigenvalue weighted by molar-refractivity contribution is 0.0933. The lowest BCUT2D eigenvalue weighted by Crippen LogP contribution is -2.41. The Balaban J connectivity index is 1.99. The molecule has 0 bridgehead atoms. The van der Waals surface area contributed by atoms with Gasteiger partial charge in [0.25, 0.3) is 5.91 Å². The van der Waals surface area contributed by atoms with Gasteiger partial charge in [0.2, 0.25) is 0 Å². The topological polar surface area (TPSA) is 83.8 Å². The molecule has 0 aliphatic heterocycles. The molecule has 1 aliphatic rings. The first-order valence-electron chi connectivity index (χ1n) is 5.23. The van der Waals surface area contributed by atoms with E-state index < -0.39 is 0 Å². The predicted octanol–water partition coefficient (Wildman–Crippen LogP) is 0.185. The van der Waals surface area contributed by atoms with Crippen LogP contribution < -0.4 is 11.1 Å². The van der Waals surface area contributed by atoms with Gasteiger partial charge in [-0.25, -0.2) is 0 Å². The van der Waals surface area contributed by atoms with Gasteiger partial charge in [0.15, 0.2) is 0 Å². The fourth-order valence-corrected chi connectivity index (χ4v) is 1.69. The fraction of sp³-hybridized carbons (Fsp3) is 0.600. The summed E-state index contributed by atoms with van der Waals surface area (Å²) in [5.74, 6) is 0.495. The van der Waals surface area contributed by atoms with Crippen LogP contribution in [0.3, 0.4) is 0 Å². The van der Waals surface area contributed by atoms with Crippen LogP contribution in [-0.4, -0.2) is 28.7 Å². The van der Waals surface area contributed by atoms with Crippen LogP contribution in [0, 0.1) is 12.8 Å². The molecule has 0 spiro atoms. The minimum absolute atomic E-state index is 0.0800. The van der Waals surface area contributed by atoms with Crippen molar-refractivity contribution in [3.8, 4) is 0 Å². The van der Waals surface area contributed by atoms with Gasteiger partial charge in [-0.2, -0.15) is 5.10 Å². The van der Waals surface area contributed by atoms with Crippen LogP contribution >= 0.6 is 0 Å². The van der Waals surface area contributed by atoms with Crippen LogP contribution in [0.5, 0.6) is 0 Å². The zero-order chi connectivity index (χ0) is 10.8. The lowest BCUT2D eigenvalue weighted by Gasteiger charge is -2.15. The summed E-state index contributed by atoms with van der Waals surface area (Å²) < 4.78 is 0. The van der Waals surface area contributed by atoms with Gasteiger partial charge >= 0.3 is 0 Å². The highest BCUT2D eigenvalue weighted by atomic mass is 16.1. The van der Waals surface area contributed by atoms with E-state index in [1.165, 1.54) is 12.8 Å². The average molecular weight is 208 g/mol. The van der Waals surface area contributed by atoms with Gasteiger partial charge in [0.1, 0.15) is 0 Å². The Morgan fingerprint density at radius 3 is 3.00 bits per heavy atom. The number of rotatable bonds is 4. The van der Waals surface area contributed by atoms with Crippen LogP contribution in [0.4, 0.5) is 0 Å². The Bertz CT molecular complexity index is 356. The number of nitrogens with zero attached hydrogens (tertiary/aromatic N) is 1. The number of aromatic nitrogens is 2. The van der Waals surface area contributed by atoms with E-state index in [9.17, 15) is 4.79 Å². The Morgan fingerprint density at radius 2 is 2.53 bits per heavy atom. The molecule has 1 aliphatic carbocycles.